The lowest BCUT2D eigenvalue weighted by atomic mass is 9.96. The second-order valence-corrected chi connectivity index (χ2v) is 6.06. The summed E-state index contributed by atoms with van der Waals surface area (Å²) >= 11 is 0. The smallest absolute Gasteiger partial charge is 0.151 e. The first-order valence-corrected chi connectivity index (χ1v) is 6.88. The number of nitrogens with two attached hydrogens (primary N) is 1. The minimum atomic E-state index is -0.476. The van der Waals surface area contributed by atoms with E-state index in [0.717, 1.165) is 24.2 Å². The van der Waals surface area contributed by atoms with Crippen LogP contribution in [0.25, 0.3) is 11.0 Å². The first kappa shape index (κ1) is 12.6. The van der Waals surface area contributed by atoms with Crippen LogP contribution in [0.1, 0.15) is 45.5 Å². The highest BCUT2D eigenvalue weighted by Gasteiger charge is 2.43. The van der Waals surface area contributed by atoms with Crippen LogP contribution in [-0.4, -0.2) is 9.55 Å². The molecule has 1 aromatic carbocycles. The van der Waals surface area contributed by atoms with Gasteiger partial charge < -0.3 is 10.3 Å². The third-order valence-electron chi connectivity index (χ3n) is 4.09. The Balaban J connectivity index is 2.29. The third kappa shape index (κ3) is 1.86. The number of benzene rings is 1. The fraction of sp³-hybridized carbons (Fsp3) is 0.533. The van der Waals surface area contributed by atoms with Crippen LogP contribution >= 0.6 is 0 Å². The van der Waals surface area contributed by atoms with Crippen molar-refractivity contribution in [2.24, 2.45) is 11.7 Å². The third-order valence-corrected chi connectivity index (χ3v) is 4.09. The molecule has 1 atom stereocenters. The monoisotopic (exact) mass is 261 g/mol. The molecule has 1 fully saturated rings. The van der Waals surface area contributed by atoms with Gasteiger partial charge in [-0.25, -0.2) is 9.37 Å². The zero-order valence-corrected chi connectivity index (χ0v) is 11.7. The number of fused-ring (bicyclic) bond motifs is 1. The van der Waals surface area contributed by atoms with E-state index in [-0.39, 0.29) is 11.9 Å². The highest BCUT2D eigenvalue weighted by molar-refractivity contribution is 5.77. The number of imidazole rings is 1. The van der Waals surface area contributed by atoms with E-state index in [1.807, 2.05) is 13.0 Å². The second-order valence-electron chi connectivity index (χ2n) is 6.06. The second kappa shape index (κ2) is 4.04. The van der Waals surface area contributed by atoms with Crippen LogP contribution in [0.5, 0.6) is 0 Å². The van der Waals surface area contributed by atoms with Crippen LogP contribution in [0.4, 0.5) is 4.39 Å². The standard InChI is InChI=1S/C15H20FN3/c1-9(2)19-12-6-4-5-11(16)13(12)18-14(19)15(3,17)10-7-8-10/h4-6,9-10H,7-8,17H2,1-3H3. The predicted molar refractivity (Wildman–Crippen MR) is 74.3 cm³/mol. The number of hydrogen-bond donors (Lipinski definition) is 1. The van der Waals surface area contributed by atoms with Gasteiger partial charge in [-0.2, -0.15) is 0 Å². The maximum Gasteiger partial charge on any atom is 0.151 e. The van der Waals surface area contributed by atoms with Crippen molar-refractivity contribution >= 4 is 11.0 Å². The van der Waals surface area contributed by atoms with E-state index in [4.69, 9.17) is 5.73 Å². The molecule has 102 valence electrons. The highest BCUT2D eigenvalue weighted by atomic mass is 19.1. The van der Waals surface area contributed by atoms with Crippen molar-refractivity contribution in [1.29, 1.82) is 0 Å². The molecule has 4 heteroatoms. The molecule has 1 aromatic heterocycles. The van der Waals surface area contributed by atoms with Crippen molar-refractivity contribution in [2.75, 3.05) is 0 Å². The summed E-state index contributed by atoms with van der Waals surface area (Å²) in [5, 5.41) is 0. The van der Waals surface area contributed by atoms with Crippen molar-refractivity contribution in [1.82, 2.24) is 9.55 Å². The van der Waals surface area contributed by atoms with Crippen molar-refractivity contribution in [3.63, 3.8) is 0 Å². The van der Waals surface area contributed by atoms with Gasteiger partial charge in [0, 0.05) is 6.04 Å². The molecule has 1 aliphatic rings. The molecule has 0 spiro atoms. The molecule has 0 bridgehead atoms. The summed E-state index contributed by atoms with van der Waals surface area (Å²) in [4.78, 5) is 4.53. The van der Waals surface area contributed by atoms with Gasteiger partial charge in [-0.1, -0.05) is 6.07 Å². The fourth-order valence-corrected chi connectivity index (χ4v) is 2.85. The van der Waals surface area contributed by atoms with E-state index in [1.165, 1.54) is 6.07 Å². The van der Waals surface area contributed by atoms with Gasteiger partial charge in [0.1, 0.15) is 11.3 Å². The van der Waals surface area contributed by atoms with Gasteiger partial charge in [0.2, 0.25) is 0 Å². The molecule has 1 heterocycles. The molecule has 2 N–H and O–H groups in total. The molecule has 3 rings (SSSR count). The average Bonchev–Trinajstić information content (AvgIpc) is 3.10. The summed E-state index contributed by atoms with van der Waals surface area (Å²) in [6.45, 7) is 6.18. The first-order chi connectivity index (χ1) is 8.93. The van der Waals surface area contributed by atoms with E-state index < -0.39 is 5.54 Å². The molecule has 3 nitrogen and oxygen atoms in total. The van der Waals surface area contributed by atoms with Gasteiger partial charge in [-0.15, -0.1) is 0 Å². The molecule has 1 aliphatic carbocycles. The molecule has 19 heavy (non-hydrogen) atoms. The minimum absolute atomic E-state index is 0.212. The van der Waals surface area contributed by atoms with Gasteiger partial charge in [-0.05, 0) is 51.7 Å². The quantitative estimate of drug-likeness (QED) is 0.921. The van der Waals surface area contributed by atoms with Gasteiger partial charge >= 0.3 is 0 Å². The fourth-order valence-electron chi connectivity index (χ4n) is 2.85. The van der Waals surface area contributed by atoms with E-state index >= 15 is 0 Å². The van der Waals surface area contributed by atoms with E-state index in [9.17, 15) is 4.39 Å². The Morgan fingerprint density at radius 1 is 1.42 bits per heavy atom. The number of rotatable bonds is 3. The Labute approximate surface area is 112 Å². The molecule has 2 aromatic rings. The van der Waals surface area contributed by atoms with Crippen LogP contribution < -0.4 is 5.73 Å². The molecular formula is C15H20FN3. The van der Waals surface area contributed by atoms with Crippen LogP contribution in [0.2, 0.25) is 0 Å². The first-order valence-electron chi connectivity index (χ1n) is 6.88. The van der Waals surface area contributed by atoms with Crippen LogP contribution in [-0.2, 0) is 5.54 Å². The SMILES string of the molecule is CC(C)n1c(C(C)(N)C2CC2)nc2c(F)cccc21. The van der Waals surface area contributed by atoms with Crippen LogP contribution in [0.15, 0.2) is 18.2 Å². The molecule has 0 radical (unpaired) electrons. The molecule has 1 saturated carbocycles. The molecule has 0 aliphatic heterocycles. The lowest BCUT2D eigenvalue weighted by Crippen LogP contribution is -2.38. The summed E-state index contributed by atoms with van der Waals surface area (Å²) in [5.74, 6) is 1.000. The Hall–Kier alpha value is -1.42. The van der Waals surface area contributed by atoms with Gasteiger partial charge in [0.25, 0.3) is 0 Å². The molecule has 0 amide bonds. The summed E-state index contributed by atoms with van der Waals surface area (Å²) in [6, 6.07) is 5.31. The lowest BCUT2D eigenvalue weighted by Gasteiger charge is -2.26. The summed E-state index contributed by atoms with van der Waals surface area (Å²) in [5.41, 5.74) is 7.28. The Bertz CT molecular complexity index is 624. The number of nitrogens with zero attached hydrogens (tertiary/aromatic N) is 2. The number of hydrogen-bond acceptors (Lipinski definition) is 2. The van der Waals surface area contributed by atoms with Crippen molar-refractivity contribution in [3.8, 4) is 0 Å². The van der Waals surface area contributed by atoms with Crippen molar-refractivity contribution < 1.29 is 4.39 Å². The summed E-state index contributed by atoms with van der Waals surface area (Å²) < 4.78 is 16.0. The van der Waals surface area contributed by atoms with E-state index in [1.54, 1.807) is 6.07 Å². The topological polar surface area (TPSA) is 43.8 Å². The predicted octanol–water partition coefficient (Wildman–Crippen LogP) is 3.34. The number of para-hydroxylation sites is 1. The normalized spacial score (nSPS) is 19.1. The highest BCUT2D eigenvalue weighted by Crippen LogP contribution is 2.44. The van der Waals surface area contributed by atoms with E-state index in [2.05, 4.69) is 23.4 Å². The summed E-state index contributed by atoms with van der Waals surface area (Å²) in [6.07, 6.45) is 2.27. The molecule has 0 saturated heterocycles. The summed E-state index contributed by atoms with van der Waals surface area (Å²) in [7, 11) is 0. The lowest BCUT2D eigenvalue weighted by molar-refractivity contribution is 0.373. The average molecular weight is 261 g/mol. The maximum atomic E-state index is 13.9. The van der Waals surface area contributed by atoms with Crippen LogP contribution in [0.3, 0.4) is 0 Å². The Morgan fingerprint density at radius 2 is 2.11 bits per heavy atom. The van der Waals surface area contributed by atoms with Crippen LogP contribution in [0, 0.1) is 11.7 Å². The Morgan fingerprint density at radius 3 is 2.68 bits per heavy atom. The molecular weight excluding hydrogens is 241 g/mol. The maximum absolute atomic E-state index is 13.9. The largest absolute Gasteiger partial charge is 0.324 e. The van der Waals surface area contributed by atoms with Crippen molar-refractivity contribution in [3.05, 3.63) is 29.8 Å². The van der Waals surface area contributed by atoms with Gasteiger partial charge in [0.15, 0.2) is 5.82 Å². The number of halogens is 1. The minimum Gasteiger partial charge on any atom is -0.324 e. The van der Waals surface area contributed by atoms with Crippen molar-refractivity contribution in [2.45, 2.75) is 45.2 Å². The Kier molecular flexibility index (Phi) is 2.68. The number of aromatic nitrogens is 2. The zero-order valence-electron chi connectivity index (χ0n) is 11.7. The van der Waals surface area contributed by atoms with E-state index in [0.29, 0.717) is 11.4 Å². The molecule has 1 unspecified atom stereocenters. The van der Waals surface area contributed by atoms with Gasteiger partial charge in [0.05, 0.1) is 11.1 Å². The zero-order chi connectivity index (χ0) is 13.8. The van der Waals surface area contributed by atoms with Gasteiger partial charge in [-0.3, -0.25) is 0 Å².